The molecule has 4 nitrogen and oxygen atoms in total. The molecule has 0 saturated carbocycles. The van der Waals surface area contributed by atoms with Gasteiger partial charge in [-0.05, 0) is 31.0 Å². The molecule has 2 aromatic rings. The monoisotopic (exact) mass is 283 g/mol. The SMILES string of the molecule is CC(=O)c1cccc(NC(=O)CCc2ccccc2)c1O. The molecule has 0 aliphatic carbocycles. The molecular formula is C17H17NO3. The van der Waals surface area contributed by atoms with E-state index < -0.39 is 0 Å². The van der Waals surface area contributed by atoms with Gasteiger partial charge in [-0.15, -0.1) is 0 Å². The zero-order valence-corrected chi connectivity index (χ0v) is 11.8. The van der Waals surface area contributed by atoms with E-state index in [9.17, 15) is 14.7 Å². The second-order valence-electron chi connectivity index (χ2n) is 4.79. The minimum atomic E-state index is -0.243. The fraction of sp³-hybridized carbons (Fsp3) is 0.176. The summed E-state index contributed by atoms with van der Waals surface area (Å²) >= 11 is 0. The van der Waals surface area contributed by atoms with E-state index in [0.29, 0.717) is 12.8 Å². The molecule has 21 heavy (non-hydrogen) atoms. The van der Waals surface area contributed by atoms with Crippen LogP contribution in [-0.4, -0.2) is 16.8 Å². The zero-order valence-electron chi connectivity index (χ0n) is 11.8. The lowest BCUT2D eigenvalue weighted by Crippen LogP contribution is -2.13. The summed E-state index contributed by atoms with van der Waals surface area (Å²) in [5.74, 6) is -0.624. The number of benzene rings is 2. The van der Waals surface area contributed by atoms with Crippen LogP contribution in [0.3, 0.4) is 0 Å². The highest BCUT2D eigenvalue weighted by atomic mass is 16.3. The molecule has 0 bridgehead atoms. The number of phenolic OH excluding ortho intramolecular Hbond substituents is 1. The lowest BCUT2D eigenvalue weighted by atomic mass is 10.1. The van der Waals surface area contributed by atoms with E-state index in [1.807, 2.05) is 30.3 Å². The summed E-state index contributed by atoms with van der Waals surface area (Å²) < 4.78 is 0. The fourth-order valence-electron chi connectivity index (χ4n) is 2.04. The number of amides is 1. The molecule has 108 valence electrons. The summed E-state index contributed by atoms with van der Waals surface area (Å²) in [5, 5.41) is 12.6. The van der Waals surface area contributed by atoms with Crippen molar-refractivity contribution in [2.75, 3.05) is 5.32 Å². The first-order valence-corrected chi connectivity index (χ1v) is 6.74. The number of carbonyl (C=O) groups excluding carboxylic acids is 2. The number of anilines is 1. The summed E-state index contributed by atoms with van der Waals surface area (Å²) in [6.45, 7) is 1.37. The van der Waals surface area contributed by atoms with Gasteiger partial charge in [0.25, 0.3) is 0 Å². The molecule has 4 heteroatoms. The predicted molar refractivity (Wildman–Crippen MR) is 81.5 cm³/mol. The van der Waals surface area contributed by atoms with E-state index in [0.717, 1.165) is 5.56 Å². The smallest absolute Gasteiger partial charge is 0.224 e. The van der Waals surface area contributed by atoms with Crippen molar-refractivity contribution < 1.29 is 14.7 Å². The van der Waals surface area contributed by atoms with Crippen molar-refractivity contribution in [3.63, 3.8) is 0 Å². The second-order valence-corrected chi connectivity index (χ2v) is 4.79. The van der Waals surface area contributed by atoms with Crippen molar-refractivity contribution in [1.29, 1.82) is 0 Å². The lowest BCUT2D eigenvalue weighted by molar-refractivity contribution is -0.116. The molecule has 0 unspecified atom stereocenters. The summed E-state index contributed by atoms with van der Waals surface area (Å²) in [6.07, 6.45) is 0.938. The van der Waals surface area contributed by atoms with Crippen LogP contribution in [0, 0.1) is 0 Å². The summed E-state index contributed by atoms with van der Waals surface area (Å²) in [4.78, 5) is 23.3. The van der Waals surface area contributed by atoms with Crippen molar-refractivity contribution in [2.24, 2.45) is 0 Å². The van der Waals surface area contributed by atoms with Gasteiger partial charge in [-0.2, -0.15) is 0 Å². The maximum absolute atomic E-state index is 11.9. The Labute approximate surface area is 123 Å². The van der Waals surface area contributed by atoms with Gasteiger partial charge in [0.15, 0.2) is 5.78 Å². The van der Waals surface area contributed by atoms with Gasteiger partial charge >= 0.3 is 0 Å². The maximum atomic E-state index is 11.9. The number of nitrogens with one attached hydrogen (secondary N) is 1. The average molecular weight is 283 g/mol. The third kappa shape index (κ3) is 3.92. The van der Waals surface area contributed by atoms with Crippen LogP contribution in [0.15, 0.2) is 48.5 Å². The molecule has 0 aliphatic heterocycles. The van der Waals surface area contributed by atoms with Crippen LogP contribution in [-0.2, 0) is 11.2 Å². The Hall–Kier alpha value is -2.62. The Morgan fingerprint density at radius 3 is 2.43 bits per heavy atom. The lowest BCUT2D eigenvalue weighted by Gasteiger charge is -2.09. The number of hydrogen-bond donors (Lipinski definition) is 2. The van der Waals surface area contributed by atoms with Crippen LogP contribution in [0.2, 0.25) is 0 Å². The summed E-state index contributed by atoms with van der Waals surface area (Å²) in [5.41, 5.74) is 1.55. The molecule has 0 fully saturated rings. The predicted octanol–water partition coefficient (Wildman–Crippen LogP) is 3.17. The van der Waals surface area contributed by atoms with Crippen LogP contribution >= 0.6 is 0 Å². The molecule has 0 radical (unpaired) electrons. The topological polar surface area (TPSA) is 66.4 Å². The Morgan fingerprint density at radius 2 is 1.76 bits per heavy atom. The number of Topliss-reactive ketones (excluding diaryl/α,β-unsaturated/α-hetero) is 1. The van der Waals surface area contributed by atoms with Gasteiger partial charge in [0, 0.05) is 6.42 Å². The minimum absolute atomic E-state index is 0.182. The van der Waals surface area contributed by atoms with Crippen LogP contribution in [0.5, 0.6) is 5.75 Å². The third-order valence-corrected chi connectivity index (χ3v) is 3.17. The highest BCUT2D eigenvalue weighted by Gasteiger charge is 2.12. The largest absolute Gasteiger partial charge is 0.505 e. The van der Waals surface area contributed by atoms with E-state index >= 15 is 0 Å². The molecule has 0 heterocycles. The number of carbonyl (C=O) groups is 2. The Morgan fingerprint density at radius 1 is 1.05 bits per heavy atom. The molecule has 0 atom stereocenters. The first-order chi connectivity index (χ1) is 10.1. The third-order valence-electron chi connectivity index (χ3n) is 3.17. The first kappa shape index (κ1) is 14.8. The van der Waals surface area contributed by atoms with E-state index in [-0.39, 0.29) is 28.7 Å². The van der Waals surface area contributed by atoms with Crippen molar-refractivity contribution in [3.05, 3.63) is 59.7 Å². The van der Waals surface area contributed by atoms with E-state index in [2.05, 4.69) is 5.32 Å². The fourth-order valence-corrected chi connectivity index (χ4v) is 2.04. The molecule has 0 aliphatic rings. The maximum Gasteiger partial charge on any atom is 0.224 e. The van der Waals surface area contributed by atoms with E-state index in [1.54, 1.807) is 12.1 Å². The van der Waals surface area contributed by atoms with Crippen molar-refractivity contribution in [2.45, 2.75) is 19.8 Å². The van der Waals surface area contributed by atoms with Gasteiger partial charge < -0.3 is 10.4 Å². The first-order valence-electron chi connectivity index (χ1n) is 6.74. The van der Waals surface area contributed by atoms with Crippen LogP contribution in [0.25, 0.3) is 0 Å². The normalized spacial score (nSPS) is 10.1. The highest BCUT2D eigenvalue weighted by Crippen LogP contribution is 2.27. The van der Waals surface area contributed by atoms with Crippen molar-refractivity contribution in [3.8, 4) is 5.75 Å². The van der Waals surface area contributed by atoms with Gasteiger partial charge in [-0.1, -0.05) is 36.4 Å². The van der Waals surface area contributed by atoms with E-state index in [1.165, 1.54) is 13.0 Å². The number of phenols is 1. The number of para-hydroxylation sites is 1. The van der Waals surface area contributed by atoms with Crippen LogP contribution in [0.4, 0.5) is 5.69 Å². The number of rotatable bonds is 5. The van der Waals surface area contributed by atoms with Gasteiger partial charge in [0.05, 0.1) is 11.3 Å². The molecule has 0 saturated heterocycles. The average Bonchev–Trinajstić information content (AvgIpc) is 2.48. The van der Waals surface area contributed by atoms with Gasteiger partial charge in [-0.25, -0.2) is 0 Å². The highest BCUT2D eigenvalue weighted by molar-refractivity contribution is 6.01. The summed E-state index contributed by atoms with van der Waals surface area (Å²) in [7, 11) is 0. The minimum Gasteiger partial charge on any atom is -0.505 e. The number of ketones is 1. The van der Waals surface area contributed by atoms with Gasteiger partial charge in [0.2, 0.25) is 5.91 Å². The number of aryl methyl sites for hydroxylation is 1. The Balaban J connectivity index is 2.00. The van der Waals surface area contributed by atoms with Crippen LogP contribution in [0.1, 0.15) is 29.3 Å². The number of aromatic hydroxyl groups is 1. The van der Waals surface area contributed by atoms with Crippen LogP contribution < -0.4 is 5.32 Å². The molecular weight excluding hydrogens is 266 g/mol. The van der Waals surface area contributed by atoms with Gasteiger partial charge in [0.1, 0.15) is 5.75 Å². The van der Waals surface area contributed by atoms with Crippen molar-refractivity contribution >= 4 is 17.4 Å². The number of hydrogen-bond acceptors (Lipinski definition) is 3. The Kier molecular flexibility index (Phi) is 4.72. The second kappa shape index (κ2) is 6.70. The standard InChI is InChI=1S/C17H17NO3/c1-12(19)14-8-5-9-15(17(14)21)18-16(20)11-10-13-6-3-2-4-7-13/h2-9,21H,10-11H2,1H3,(H,18,20). The molecule has 0 aromatic heterocycles. The van der Waals surface area contributed by atoms with E-state index in [4.69, 9.17) is 0 Å². The molecule has 2 aromatic carbocycles. The summed E-state index contributed by atoms with van der Waals surface area (Å²) in [6, 6.07) is 14.4. The molecule has 0 spiro atoms. The Bertz CT molecular complexity index is 650. The molecule has 2 N–H and O–H groups in total. The van der Waals surface area contributed by atoms with Crippen molar-refractivity contribution in [1.82, 2.24) is 0 Å². The quantitative estimate of drug-likeness (QED) is 0.654. The van der Waals surface area contributed by atoms with Gasteiger partial charge in [-0.3, -0.25) is 9.59 Å². The molecule has 1 amide bonds. The molecule has 2 rings (SSSR count). The zero-order chi connectivity index (χ0) is 15.2.